The predicted octanol–water partition coefficient (Wildman–Crippen LogP) is 12.6. The van der Waals surface area contributed by atoms with Crippen LogP contribution in [-0.2, 0) is 35.3 Å². The highest BCUT2D eigenvalue weighted by molar-refractivity contribution is 7.45. The molecular weight excluding hydrogens is 1010 g/mol. The maximum Gasteiger partial charge on any atom is 0.260 e. The molecule has 1 N–H and O–H groups in total. The van der Waals surface area contributed by atoms with Crippen LogP contribution in [0, 0.1) is 0 Å². The summed E-state index contributed by atoms with van der Waals surface area (Å²) in [5, 5.41) is 3.94. The van der Waals surface area contributed by atoms with Gasteiger partial charge in [0.15, 0.2) is 17.0 Å². The minimum Gasteiger partial charge on any atom is -0.497 e. The van der Waals surface area contributed by atoms with Gasteiger partial charge >= 0.3 is 0 Å². The number of ether oxygens (including phenoxy) is 6. The zero-order chi connectivity index (χ0) is 54.0. The van der Waals surface area contributed by atoms with E-state index < -0.39 is 43.7 Å². The number of fused-ring (bicyclic) bond motifs is 2. The molecule has 12 rings (SSSR count). The van der Waals surface area contributed by atoms with Crippen LogP contribution in [0.5, 0.6) is 23.0 Å². The molecule has 14 nitrogen and oxygen atoms in total. The monoisotopic (exact) mass is 1070 g/mol. The second-order valence-electron chi connectivity index (χ2n) is 20.2. The molecule has 0 amide bonds. The maximum atomic E-state index is 7.58. The third kappa shape index (κ3) is 9.56. The predicted molar refractivity (Wildman–Crippen MR) is 304 cm³/mol. The third-order valence-electron chi connectivity index (χ3n) is 16.0. The average Bonchev–Trinajstić information content (AvgIpc) is 4.55. The number of methoxy groups -OCH3 is 4. The van der Waals surface area contributed by atoms with E-state index in [1.165, 1.54) is 0 Å². The fraction of sp³-hybridized carbons (Fsp3) is 0.266. The largest absolute Gasteiger partial charge is 0.497 e. The average molecular weight is 1080 g/mol. The normalized spacial score (nSPS) is 21.2. The topological polar surface area (TPSA) is 133 Å². The standard InChI is InChI=1S/C64H63N6O8P/c1-62(44-16-9-6-10-17-44)57-22-15-39-70(57)79(78-62)77-55-40-58(76-56(55)41-75-64(48-20-13-8-14-21-48,49-27-35-53(73-4)36-28-49)50-29-37-54(74-5)38-30-50)69-43-67-59-60(65-42-66-61(59)69)68-63(45-18-11-7-12-19-45,46-23-31-51(71-2)32-24-46)47-25-33-52(72-3)34-26-47/h6-14,16-21,23-38,42-43,55-58H,15,22,39-41H2,1-5H3,(H,65,66,68)/t55-,56+,57?,58+,62+,79?/m0/s1. The van der Waals surface area contributed by atoms with Crippen molar-refractivity contribution < 1.29 is 37.5 Å². The SMILES string of the molecule is COc1ccc(C(Nc2ncnc3c2ncn3[C@H]2C[C@H](OP3O[C@](C)(c4ccccc4)C4CCCN43)[C@@H](COC(c3ccccc3)(c3ccc(OC)cc3)c3ccc(OC)cc3)O2)(c2ccccc2)c2ccc(OC)cc2)cc1. The quantitative estimate of drug-likeness (QED) is 0.0609. The molecule has 15 heteroatoms. The number of anilines is 1. The van der Waals surface area contributed by atoms with E-state index in [9.17, 15) is 0 Å². The maximum absolute atomic E-state index is 7.58. The summed E-state index contributed by atoms with van der Waals surface area (Å²) in [5.41, 5.74) is 5.28. The lowest BCUT2D eigenvalue weighted by molar-refractivity contribution is -0.0909. The van der Waals surface area contributed by atoms with Crippen molar-refractivity contribution in [3.63, 3.8) is 0 Å². The van der Waals surface area contributed by atoms with Crippen LogP contribution in [0.2, 0.25) is 0 Å². The molecule has 3 fully saturated rings. The van der Waals surface area contributed by atoms with Crippen molar-refractivity contribution in [3.05, 3.63) is 240 Å². The molecule has 0 bridgehead atoms. The first-order valence-electron chi connectivity index (χ1n) is 26.7. The van der Waals surface area contributed by atoms with Crippen molar-refractivity contribution in [2.45, 2.75) is 67.4 Å². The van der Waals surface area contributed by atoms with Crippen LogP contribution in [0.15, 0.2) is 201 Å². The number of imidazole rings is 1. The highest BCUT2D eigenvalue weighted by Gasteiger charge is 2.56. The number of rotatable bonds is 19. The van der Waals surface area contributed by atoms with Gasteiger partial charge in [-0.3, -0.25) is 4.57 Å². The molecule has 2 aromatic heterocycles. The Morgan fingerprint density at radius 1 is 0.608 bits per heavy atom. The minimum absolute atomic E-state index is 0.133. The van der Waals surface area contributed by atoms with Gasteiger partial charge in [-0.05, 0) is 107 Å². The van der Waals surface area contributed by atoms with Gasteiger partial charge in [0.25, 0.3) is 8.53 Å². The lowest BCUT2D eigenvalue weighted by Crippen LogP contribution is -2.38. The molecule has 402 valence electrons. The van der Waals surface area contributed by atoms with E-state index >= 15 is 0 Å². The van der Waals surface area contributed by atoms with Crippen molar-refractivity contribution >= 4 is 25.5 Å². The van der Waals surface area contributed by atoms with Gasteiger partial charge in [-0.2, -0.15) is 0 Å². The molecule has 0 radical (unpaired) electrons. The van der Waals surface area contributed by atoms with E-state index in [0.29, 0.717) is 23.4 Å². The molecule has 3 aliphatic rings. The first-order valence-corrected chi connectivity index (χ1v) is 27.8. The second-order valence-corrected chi connectivity index (χ2v) is 21.6. The zero-order valence-corrected chi connectivity index (χ0v) is 45.7. The van der Waals surface area contributed by atoms with Crippen molar-refractivity contribution in [2.24, 2.45) is 0 Å². The number of aromatic nitrogens is 4. The van der Waals surface area contributed by atoms with Gasteiger partial charge in [0.05, 0.1) is 53.5 Å². The van der Waals surface area contributed by atoms with Gasteiger partial charge in [-0.1, -0.05) is 140 Å². The van der Waals surface area contributed by atoms with Crippen molar-refractivity contribution in [3.8, 4) is 23.0 Å². The Labute approximate surface area is 462 Å². The van der Waals surface area contributed by atoms with Crippen LogP contribution in [0.4, 0.5) is 5.82 Å². The summed E-state index contributed by atoms with van der Waals surface area (Å²) >= 11 is 0. The highest BCUT2D eigenvalue weighted by Crippen LogP contribution is 2.64. The molecule has 2 unspecified atom stereocenters. The fourth-order valence-corrected chi connectivity index (χ4v) is 14.0. The molecule has 3 aliphatic heterocycles. The van der Waals surface area contributed by atoms with Crippen LogP contribution in [-0.4, -0.2) is 84.0 Å². The first-order chi connectivity index (χ1) is 38.8. The number of benzene rings is 7. The van der Waals surface area contributed by atoms with Gasteiger partial charge in [0, 0.05) is 13.0 Å². The number of hydrogen-bond acceptors (Lipinski definition) is 13. The summed E-state index contributed by atoms with van der Waals surface area (Å²) in [7, 11) is 5.16. The van der Waals surface area contributed by atoms with Crippen LogP contribution in [0.25, 0.3) is 11.2 Å². The number of nitrogens with one attached hydrogen (secondary N) is 1. The van der Waals surface area contributed by atoms with Gasteiger partial charge in [0.2, 0.25) is 0 Å². The summed E-state index contributed by atoms with van der Waals surface area (Å²) in [6.45, 7) is 3.22. The zero-order valence-electron chi connectivity index (χ0n) is 44.8. The summed E-state index contributed by atoms with van der Waals surface area (Å²) in [4.78, 5) is 15.0. The van der Waals surface area contributed by atoms with Crippen molar-refractivity contribution in [2.75, 3.05) is 46.9 Å². The van der Waals surface area contributed by atoms with E-state index in [0.717, 1.165) is 81.3 Å². The molecule has 79 heavy (non-hydrogen) atoms. The van der Waals surface area contributed by atoms with Crippen LogP contribution in [0.1, 0.15) is 71.4 Å². The van der Waals surface area contributed by atoms with E-state index in [1.807, 2.05) is 95.6 Å². The molecule has 5 heterocycles. The molecule has 0 saturated carbocycles. The first kappa shape index (κ1) is 52.0. The van der Waals surface area contributed by atoms with E-state index in [1.54, 1.807) is 41.1 Å². The Hall–Kier alpha value is -7.68. The van der Waals surface area contributed by atoms with Gasteiger partial charge in [-0.15, -0.1) is 0 Å². The molecule has 3 saturated heterocycles. The Bertz CT molecular complexity index is 3370. The van der Waals surface area contributed by atoms with Crippen molar-refractivity contribution in [1.29, 1.82) is 0 Å². The van der Waals surface area contributed by atoms with Crippen LogP contribution >= 0.6 is 8.53 Å². The minimum atomic E-state index is -1.53. The summed E-state index contributed by atoms with van der Waals surface area (Å²) in [6, 6.07) is 63.7. The van der Waals surface area contributed by atoms with Gasteiger partial charge in [-0.25, -0.2) is 19.6 Å². The van der Waals surface area contributed by atoms with Gasteiger partial charge < -0.3 is 42.8 Å². The molecule has 6 atom stereocenters. The summed E-state index contributed by atoms with van der Waals surface area (Å²) in [6.07, 6.45) is 4.24. The number of nitrogens with zero attached hydrogens (tertiary/aromatic N) is 5. The van der Waals surface area contributed by atoms with E-state index in [2.05, 4.69) is 114 Å². The molecule has 7 aromatic carbocycles. The summed E-state index contributed by atoms with van der Waals surface area (Å²) < 4.78 is 56.5. The Kier molecular flexibility index (Phi) is 14.6. The van der Waals surface area contributed by atoms with Gasteiger partial charge in [0.1, 0.15) is 58.4 Å². The highest BCUT2D eigenvalue weighted by atomic mass is 31.2. The Morgan fingerprint density at radius 2 is 1.10 bits per heavy atom. The molecule has 0 spiro atoms. The molecule has 9 aromatic rings. The summed E-state index contributed by atoms with van der Waals surface area (Å²) in [5.74, 6) is 3.48. The number of hydrogen-bond donors (Lipinski definition) is 1. The lowest BCUT2D eigenvalue weighted by Gasteiger charge is -2.37. The smallest absolute Gasteiger partial charge is 0.260 e. The van der Waals surface area contributed by atoms with Crippen LogP contribution < -0.4 is 24.3 Å². The molecule has 0 aliphatic carbocycles. The second kappa shape index (κ2) is 22.2. The van der Waals surface area contributed by atoms with Crippen LogP contribution in [0.3, 0.4) is 0 Å². The Morgan fingerprint density at radius 3 is 1.65 bits per heavy atom. The fourth-order valence-electron chi connectivity index (χ4n) is 11.8. The third-order valence-corrected chi connectivity index (χ3v) is 17.8. The molecular formula is C64H63N6O8P. The van der Waals surface area contributed by atoms with E-state index in [4.69, 9.17) is 52.4 Å². The lowest BCUT2D eigenvalue weighted by atomic mass is 9.77. The Balaban J connectivity index is 0.943. The van der Waals surface area contributed by atoms with Crippen molar-refractivity contribution in [1.82, 2.24) is 24.2 Å². The van der Waals surface area contributed by atoms with E-state index in [-0.39, 0.29) is 12.6 Å².